The summed E-state index contributed by atoms with van der Waals surface area (Å²) in [5.74, 6) is -0.243. The Morgan fingerprint density at radius 1 is 1.24 bits per heavy atom. The smallest absolute Gasteiger partial charge is 0.285 e. The highest BCUT2D eigenvalue weighted by molar-refractivity contribution is 9.10. The lowest BCUT2D eigenvalue weighted by molar-refractivity contribution is -0.137. The molecule has 4 rings (SSSR count). The number of thioether (sulfide) groups is 1. The molecule has 2 aromatic carbocycles. The van der Waals surface area contributed by atoms with Crippen molar-refractivity contribution >= 4 is 68.0 Å². The number of aryl methyl sites for hydroxylation is 1. The molecular weight excluding hydrogens is 582 g/mol. The van der Waals surface area contributed by atoms with Gasteiger partial charge < -0.3 is 19.1 Å². The summed E-state index contributed by atoms with van der Waals surface area (Å²) in [5.41, 5.74) is 4.47. The second-order valence-corrected chi connectivity index (χ2v) is 10.6. The van der Waals surface area contributed by atoms with Gasteiger partial charge in [-0.1, -0.05) is 30.0 Å². The second kappa shape index (κ2) is 12.1. The third-order valence-corrected chi connectivity index (χ3v) is 7.54. The van der Waals surface area contributed by atoms with Gasteiger partial charge in [-0.3, -0.25) is 19.8 Å². The number of halogens is 1. The first-order valence-electron chi connectivity index (χ1n) is 11.3. The number of amides is 3. The van der Waals surface area contributed by atoms with Crippen molar-refractivity contribution in [3.63, 3.8) is 0 Å². The van der Waals surface area contributed by atoms with Gasteiger partial charge in [0.1, 0.15) is 0 Å². The zero-order valence-corrected chi connectivity index (χ0v) is 23.3. The minimum atomic E-state index is -0.441. The molecule has 2 saturated heterocycles. The number of ether oxygens (including phenoxy) is 3. The van der Waals surface area contributed by atoms with Gasteiger partial charge in [0.25, 0.3) is 17.7 Å². The highest BCUT2D eigenvalue weighted by Crippen LogP contribution is 2.39. The monoisotopic (exact) mass is 605 g/mol. The predicted molar refractivity (Wildman–Crippen MR) is 147 cm³/mol. The Morgan fingerprint density at radius 3 is 2.68 bits per heavy atom. The van der Waals surface area contributed by atoms with Gasteiger partial charge in [0, 0.05) is 18.7 Å². The third-order valence-electron chi connectivity index (χ3n) is 5.65. The number of carbonyl (C=O) groups excluding carboxylic acids is 3. The lowest BCUT2D eigenvalue weighted by Gasteiger charge is -2.27. The molecule has 12 heteroatoms. The van der Waals surface area contributed by atoms with E-state index in [1.54, 1.807) is 35.2 Å². The van der Waals surface area contributed by atoms with Crippen molar-refractivity contribution in [1.82, 2.24) is 15.3 Å². The number of nitrogens with zero attached hydrogens (tertiary/aromatic N) is 2. The largest absolute Gasteiger partial charge is 0.493 e. The molecule has 0 bridgehead atoms. The van der Waals surface area contributed by atoms with E-state index in [0.29, 0.717) is 58.3 Å². The van der Waals surface area contributed by atoms with Gasteiger partial charge in [-0.05, 0) is 70.5 Å². The molecule has 9 nitrogen and oxygen atoms in total. The Bertz CT molecular complexity index is 1280. The molecule has 2 aromatic rings. The normalized spacial score (nSPS) is 16.8. The number of morpholine rings is 1. The first-order chi connectivity index (χ1) is 17.8. The van der Waals surface area contributed by atoms with Crippen LogP contribution in [0.4, 0.5) is 0 Å². The molecule has 3 amide bonds. The summed E-state index contributed by atoms with van der Waals surface area (Å²) in [6.45, 7) is 3.75. The maximum absolute atomic E-state index is 13.0. The zero-order chi connectivity index (χ0) is 26.5. The van der Waals surface area contributed by atoms with Crippen molar-refractivity contribution < 1.29 is 28.6 Å². The van der Waals surface area contributed by atoms with E-state index in [9.17, 15) is 14.4 Å². The summed E-state index contributed by atoms with van der Waals surface area (Å²) < 4.78 is 17.3. The highest BCUT2D eigenvalue weighted by Gasteiger charge is 2.34. The molecular formula is C25H24BrN3O6S2. The summed E-state index contributed by atoms with van der Waals surface area (Å²) in [6.07, 6.45) is 1.65. The van der Waals surface area contributed by atoms with Gasteiger partial charge >= 0.3 is 0 Å². The van der Waals surface area contributed by atoms with Crippen LogP contribution in [0.15, 0.2) is 45.8 Å². The van der Waals surface area contributed by atoms with Crippen molar-refractivity contribution in [3.8, 4) is 11.5 Å². The van der Waals surface area contributed by atoms with Crippen LogP contribution in [-0.2, 0) is 14.3 Å². The lowest BCUT2D eigenvalue weighted by atomic mass is 10.1. The number of hydrogen-bond acceptors (Lipinski definition) is 8. The first-order valence-corrected chi connectivity index (χ1v) is 13.3. The molecule has 1 N–H and O–H groups in total. The Kier molecular flexibility index (Phi) is 8.85. The minimum absolute atomic E-state index is 0.141. The van der Waals surface area contributed by atoms with Crippen molar-refractivity contribution in [2.45, 2.75) is 6.92 Å². The van der Waals surface area contributed by atoms with Gasteiger partial charge in [0.2, 0.25) is 0 Å². The summed E-state index contributed by atoms with van der Waals surface area (Å²) in [7, 11) is 1.49. The van der Waals surface area contributed by atoms with Crippen molar-refractivity contribution in [3.05, 3.63) is 62.5 Å². The van der Waals surface area contributed by atoms with Crippen molar-refractivity contribution in [2.24, 2.45) is 0 Å². The number of rotatable bonds is 7. The molecule has 194 valence electrons. The molecule has 0 radical (unpaired) electrons. The van der Waals surface area contributed by atoms with Crippen LogP contribution >= 0.6 is 39.9 Å². The zero-order valence-electron chi connectivity index (χ0n) is 20.1. The van der Waals surface area contributed by atoms with Crippen LogP contribution in [0, 0.1) is 6.92 Å². The van der Waals surface area contributed by atoms with Crippen LogP contribution in [0.1, 0.15) is 21.5 Å². The van der Waals surface area contributed by atoms with Crippen LogP contribution < -0.4 is 14.9 Å². The van der Waals surface area contributed by atoms with E-state index in [-0.39, 0.29) is 16.8 Å². The van der Waals surface area contributed by atoms with E-state index >= 15 is 0 Å². The molecule has 0 saturated carbocycles. The molecule has 0 aliphatic carbocycles. The van der Waals surface area contributed by atoms with Crippen molar-refractivity contribution in [1.29, 1.82) is 0 Å². The number of nitrogens with one attached hydrogen (secondary N) is 1. The number of thiocarbonyl (C=S) groups is 1. The van der Waals surface area contributed by atoms with E-state index in [0.717, 1.165) is 22.3 Å². The van der Waals surface area contributed by atoms with Gasteiger partial charge in [-0.15, -0.1) is 0 Å². The van der Waals surface area contributed by atoms with Gasteiger partial charge in [0.15, 0.2) is 22.4 Å². The average molecular weight is 607 g/mol. The highest BCUT2D eigenvalue weighted by atomic mass is 79.9. The first kappa shape index (κ1) is 27.1. The van der Waals surface area contributed by atoms with Crippen molar-refractivity contribution in [2.75, 3.05) is 40.0 Å². The third kappa shape index (κ3) is 6.32. The van der Waals surface area contributed by atoms with E-state index in [1.807, 2.05) is 19.1 Å². The topological polar surface area (TPSA) is 97.4 Å². The second-order valence-electron chi connectivity index (χ2n) is 8.09. The van der Waals surface area contributed by atoms with Gasteiger partial charge in [-0.2, -0.15) is 5.01 Å². The molecule has 0 unspecified atom stereocenters. The molecule has 0 atom stereocenters. The molecule has 0 spiro atoms. The number of hydrazine groups is 1. The molecule has 2 aliphatic heterocycles. The summed E-state index contributed by atoms with van der Waals surface area (Å²) >= 11 is 9.89. The maximum atomic E-state index is 13.0. The number of carbonyl (C=O) groups is 3. The van der Waals surface area contributed by atoms with Crippen LogP contribution in [-0.4, -0.2) is 72.0 Å². The quantitative estimate of drug-likeness (QED) is 0.378. The standard InChI is InChI=1S/C25H24BrN3O6S2/c1-15-5-3-4-6-17(15)23(31)27-29-24(32)20(37-25(29)36)13-16-11-18(26)22(19(12-16)33-2)35-14-21(30)28-7-9-34-10-8-28/h3-6,11-13H,7-10,14H2,1-2H3,(H,27,31)/b20-13+. The number of methoxy groups -OCH3 is 1. The fourth-order valence-electron chi connectivity index (χ4n) is 3.71. The van der Waals surface area contributed by atoms with E-state index in [2.05, 4.69) is 21.4 Å². The molecule has 37 heavy (non-hydrogen) atoms. The average Bonchev–Trinajstić information content (AvgIpc) is 3.15. The minimum Gasteiger partial charge on any atom is -0.493 e. The molecule has 0 aromatic heterocycles. The van der Waals surface area contributed by atoms with E-state index < -0.39 is 11.8 Å². The van der Waals surface area contributed by atoms with Crippen LogP contribution in [0.3, 0.4) is 0 Å². The fourth-order valence-corrected chi connectivity index (χ4v) is 5.46. The van der Waals surface area contributed by atoms with Crippen LogP contribution in [0.2, 0.25) is 0 Å². The summed E-state index contributed by atoms with van der Waals surface area (Å²) in [4.78, 5) is 40.2. The Balaban J connectivity index is 1.47. The Morgan fingerprint density at radius 2 is 1.97 bits per heavy atom. The number of benzene rings is 2. The maximum Gasteiger partial charge on any atom is 0.285 e. The van der Waals surface area contributed by atoms with Crippen LogP contribution in [0.25, 0.3) is 6.08 Å². The SMILES string of the molecule is COc1cc(/C=C2/SC(=S)N(NC(=O)c3ccccc3C)C2=O)cc(Br)c1OCC(=O)N1CCOCC1. The molecule has 2 aliphatic rings. The molecule has 2 fully saturated rings. The number of hydrogen-bond donors (Lipinski definition) is 1. The van der Waals surface area contributed by atoms with Gasteiger partial charge in [-0.25, -0.2) is 0 Å². The fraction of sp³-hybridized carbons (Fsp3) is 0.280. The van der Waals surface area contributed by atoms with E-state index in [4.69, 9.17) is 26.4 Å². The Labute approximate surface area is 232 Å². The van der Waals surface area contributed by atoms with Crippen LogP contribution in [0.5, 0.6) is 11.5 Å². The van der Waals surface area contributed by atoms with Gasteiger partial charge in [0.05, 0.1) is 29.7 Å². The lowest BCUT2D eigenvalue weighted by Crippen LogP contribution is -2.45. The van der Waals surface area contributed by atoms with E-state index in [1.165, 1.54) is 7.11 Å². The molecule has 2 heterocycles. The summed E-state index contributed by atoms with van der Waals surface area (Å²) in [5, 5.41) is 1.07. The summed E-state index contributed by atoms with van der Waals surface area (Å²) in [6, 6.07) is 10.5. The Hall–Kier alpha value is -2.93. The predicted octanol–water partition coefficient (Wildman–Crippen LogP) is 3.55.